The van der Waals surface area contributed by atoms with Crippen molar-refractivity contribution in [1.29, 1.82) is 0 Å². The number of nitrogens with zero attached hydrogens (tertiary/aromatic N) is 7. The van der Waals surface area contributed by atoms with E-state index in [0.29, 0.717) is 41.6 Å². The maximum absolute atomic E-state index is 10.6. The molecule has 10 heteroatoms. The van der Waals surface area contributed by atoms with Gasteiger partial charge in [-0.3, -0.25) is 4.90 Å². The van der Waals surface area contributed by atoms with Crippen molar-refractivity contribution >= 4 is 5.95 Å². The van der Waals surface area contributed by atoms with Crippen LogP contribution in [0.15, 0.2) is 36.8 Å². The van der Waals surface area contributed by atoms with Gasteiger partial charge in [0.05, 0.1) is 34.7 Å². The fourth-order valence-corrected chi connectivity index (χ4v) is 3.82. The molecular formula is C22H27N7O3. The van der Waals surface area contributed by atoms with Gasteiger partial charge in [0.15, 0.2) is 0 Å². The van der Waals surface area contributed by atoms with E-state index in [2.05, 4.69) is 30.0 Å². The Hall–Kier alpha value is -3.37. The van der Waals surface area contributed by atoms with Gasteiger partial charge in [0.1, 0.15) is 17.8 Å². The lowest BCUT2D eigenvalue weighted by Crippen LogP contribution is -2.60. The Balaban J connectivity index is 1.52. The van der Waals surface area contributed by atoms with Gasteiger partial charge in [-0.2, -0.15) is 0 Å². The third-order valence-electron chi connectivity index (χ3n) is 5.61. The number of hydrogen-bond acceptors (Lipinski definition) is 10. The summed E-state index contributed by atoms with van der Waals surface area (Å²) in [6.07, 6.45) is 2.73. The predicted molar refractivity (Wildman–Crippen MR) is 119 cm³/mol. The Kier molecular flexibility index (Phi) is 4.92. The van der Waals surface area contributed by atoms with Gasteiger partial charge >= 0.3 is 0 Å². The van der Waals surface area contributed by atoms with Crippen molar-refractivity contribution in [1.82, 2.24) is 30.0 Å². The molecule has 0 saturated carbocycles. The average molecular weight is 441 g/mol. The molecule has 2 N–H and O–H groups in total. The zero-order valence-electron chi connectivity index (χ0n) is 21.1. The lowest BCUT2D eigenvalue weighted by molar-refractivity contribution is -0.0142. The molecule has 1 saturated heterocycles. The standard InChI is InChI=1S/C22H27N7O3/c1-22(2,31)19-12-29(8-7-28(19)3)21-23-11-17(26-27-21)15-6-5-14(9-18(15)30)16-10-20(32-4)25-13-24-16/h5-6,9-11,13,19,30-31H,7-8,12H2,1-4H3/i4D3. The lowest BCUT2D eigenvalue weighted by Gasteiger charge is -2.44. The molecule has 3 aromatic rings. The Morgan fingerprint density at radius 2 is 1.97 bits per heavy atom. The summed E-state index contributed by atoms with van der Waals surface area (Å²) >= 11 is 0. The molecule has 168 valence electrons. The summed E-state index contributed by atoms with van der Waals surface area (Å²) in [5, 5.41) is 29.6. The molecule has 10 nitrogen and oxygen atoms in total. The van der Waals surface area contributed by atoms with Gasteiger partial charge < -0.3 is 19.8 Å². The van der Waals surface area contributed by atoms with Gasteiger partial charge in [0, 0.05) is 36.8 Å². The summed E-state index contributed by atoms with van der Waals surface area (Å²) in [6, 6.07) is 6.15. The van der Waals surface area contributed by atoms with Crippen LogP contribution in [0.25, 0.3) is 22.5 Å². The zero-order chi connectivity index (χ0) is 25.4. The first-order chi connectivity index (χ1) is 16.4. The van der Waals surface area contributed by atoms with Crippen molar-refractivity contribution in [2.24, 2.45) is 0 Å². The lowest BCUT2D eigenvalue weighted by atomic mass is 9.95. The number of rotatable bonds is 5. The maximum atomic E-state index is 10.6. The Labute approximate surface area is 190 Å². The van der Waals surface area contributed by atoms with Gasteiger partial charge in [0.25, 0.3) is 0 Å². The number of hydrogen-bond donors (Lipinski definition) is 2. The van der Waals surface area contributed by atoms with Crippen molar-refractivity contribution in [3.63, 3.8) is 0 Å². The molecule has 0 spiro atoms. The highest BCUT2D eigenvalue weighted by molar-refractivity contribution is 5.72. The molecule has 1 fully saturated rings. The first-order valence-corrected chi connectivity index (χ1v) is 10.1. The van der Waals surface area contributed by atoms with E-state index in [1.54, 1.807) is 32.2 Å². The van der Waals surface area contributed by atoms with E-state index in [-0.39, 0.29) is 17.7 Å². The molecule has 1 aliphatic heterocycles. The summed E-state index contributed by atoms with van der Waals surface area (Å²) in [7, 11) is -0.647. The molecule has 1 atom stereocenters. The molecule has 1 aliphatic rings. The summed E-state index contributed by atoms with van der Waals surface area (Å²) < 4.78 is 26.4. The second kappa shape index (κ2) is 8.64. The molecule has 0 aliphatic carbocycles. The normalized spacial score (nSPS) is 19.2. The SMILES string of the molecule is [2H]C([2H])([2H])Oc1cc(-c2ccc(-c3cnc(N4CCN(C)C(C(C)(C)O)C4)nn3)c(O)c2)ncn1. The molecule has 0 bridgehead atoms. The highest BCUT2D eigenvalue weighted by Gasteiger charge is 2.35. The van der Waals surface area contributed by atoms with E-state index in [1.807, 2.05) is 11.9 Å². The van der Waals surface area contributed by atoms with Gasteiger partial charge in [-0.05, 0) is 33.0 Å². The van der Waals surface area contributed by atoms with E-state index < -0.39 is 12.6 Å². The van der Waals surface area contributed by atoms with Crippen molar-refractivity contribution < 1.29 is 19.1 Å². The largest absolute Gasteiger partial charge is 0.507 e. The molecule has 32 heavy (non-hydrogen) atoms. The molecule has 4 rings (SSSR count). The quantitative estimate of drug-likeness (QED) is 0.605. The molecule has 1 unspecified atom stereocenters. The second-order valence-electron chi connectivity index (χ2n) is 8.31. The number of ether oxygens (including phenoxy) is 1. The molecule has 1 aromatic carbocycles. The molecule has 0 radical (unpaired) electrons. The Morgan fingerprint density at radius 1 is 1.12 bits per heavy atom. The number of methoxy groups -OCH3 is 1. The van der Waals surface area contributed by atoms with Crippen LogP contribution in [0.5, 0.6) is 11.6 Å². The van der Waals surface area contributed by atoms with E-state index >= 15 is 0 Å². The third kappa shape index (κ3) is 4.46. The molecule has 3 heterocycles. The smallest absolute Gasteiger partial charge is 0.245 e. The fourth-order valence-electron chi connectivity index (χ4n) is 3.82. The summed E-state index contributed by atoms with van der Waals surface area (Å²) in [5.41, 5.74) is 0.868. The highest BCUT2D eigenvalue weighted by Crippen LogP contribution is 2.32. The van der Waals surface area contributed by atoms with Gasteiger partial charge in [-0.25, -0.2) is 15.0 Å². The van der Waals surface area contributed by atoms with Gasteiger partial charge in [-0.15, -0.1) is 10.2 Å². The summed E-state index contributed by atoms with van der Waals surface area (Å²) in [5.74, 6) is 0.292. The van der Waals surface area contributed by atoms with Crippen molar-refractivity contribution in [2.75, 3.05) is 38.6 Å². The number of anilines is 1. The number of phenols is 1. The summed E-state index contributed by atoms with van der Waals surface area (Å²) in [4.78, 5) is 16.5. The minimum Gasteiger partial charge on any atom is -0.507 e. The monoisotopic (exact) mass is 440 g/mol. The van der Waals surface area contributed by atoms with Crippen LogP contribution in [0, 0.1) is 0 Å². The average Bonchev–Trinajstić information content (AvgIpc) is 2.78. The molecular weight excluding hydrogens is 410 g/mol. The summed E-state index contributed by atoms with van der Waals surface area (Å²) in [6.45, 7) is 5.60. The predicted octanol–water partition coefficient (Wildman–Crippen LogP) is 1.60. The van der Waals surface area contributed by atoms with E-state index in [0.717, 1.165) is 6.54 Å². The second-order valence-corrected chi connectivity index (χ2v) is 8.31. The molecule has 2 aromatic heterocycles. The van der Waals surface area contributed by atoms with Crippen molar-refractivity contribution in [3.05, 3.63) is 36.8 Å². The van der Waals surface area contributed by atoms with Crippen LogP contribution in [0.3, 0.4) is 0 Å². The number of aliphatic hydroxyl groups is 1. The maximum Gasteiger partial charge on any atom is 0.245 e. The van der Waals surface area contributed by atoms with Crippen LogP contribution in [-0.4, -0.2) is 85.6 Å². The number of piperazine rings is 1. The third-order valence-corrected chi connectivity index (χ3v) is 5.61. The number of aromatic hydroxyl groups is 1. The van der Waals surface area contributed by atoms with E-state index in [1.165, 1.54) is 18.5 Å². The zero-order valence-corrected chi connectivity index (χ0v) is 18.1. The van der Waals surface area contributed by atoms with Crippen LogP contribution >= 0.6 is 0 Å². The fraction of sp³-hybridized carbons (Fsp3) is 0.409. The Morgan fingerprint density at radius 3 is 2.66 bits per heavy atom. The number of benzene rings is 1. The van der Waals surface area contributed by atoms with Crippen LogP contribution < -0.4 is 9.64 Å². The minimum absolute atomic E-state index is 0.0649. The topological polar surface area (TPSA) is 121 Å². The van der Waals surface area contributed by atoms with Crippen LogP contribution in [-0.2, 0) is 0 Å². The first-order valence-electron chi connectivity index (χ1n) is 11.6. The van der Waals surface area contributed by atoms with Gasteiger partial charge in [-0.1, -0.05) is 6.07 Å². The number of aromatic nitrogens is 5. The first kappa shape index (κ1) is 18.2. The van der Waals surface area contributed by atoms with Crippen LogP contribution in [0.1, 0.15) is 18.0 Å². The number of phenolic OH excluding ortho intramolecular Hbond substituents is 1. The van der Waals surface area contributed by atoms with Crippen molar-refractivity contribution in [3.8, 4) is 34.1 Å². The van der Waals surface area contributed by atoms with E-state index in [9.17, 15) is 10.2 Å². The van der Waals surface area contributed by atoms with Crippen molar-refractivity contribution in [2.45, 2.75) is 25.5 Å². The van der Waals surface area contributed by atoms with Crippen LogP contribution in [0.2, 0.25) is 0 Å². The van der Waals surface area contributed by atoms with Gasteiger partial charge in [0.2, 0.25) is 11.8 Å². The number of likely N-dealkylation sites (N-methyl/N-ethyl adjacent to an activating group) is 1. The molecule has 0 amide bonds. The van der Waals surface area contributed by atoms with E-state index in [4.69, 9.17) is 8.85 Å². The minimum atomic E-state index is -2.63. The highest BCUT2D eigenvalue weighted by atomic mass is 16.5. The Bertz CT molecular complexity index is 1190. The van der Waals surface area contributed by atoms with Crippen LogP contribution in [0.4, 0.5) is 5.95 Å².